The molecule has 0 aliphatic rings. The molecule has 0 saturated heterocycles. The average Bonchev–Trinajstić information content (AvgIpc) is 2.43. The van der Waals surface area contributed by atoms with Crippen LogP contribution in [-0.4, -0.2) is 6.61 Å². The predicted molar refractivity (Wildman–Crippen MR) is 85.5 cm³/mol. The van der Waals surface area contributed by atoms with Gasteiger partial charge < -0.3 is 15.8 Å². The van der Waals surface area contributed by atoms with E-state index in [1.807, 2.05) is 49.4 Å². The molecule has 0 heterocycles. The number of benzene rings is 2. The number of ether oxygens (including phenoxy) is 1. The van der Waals surface area contributed by atoms with Crippen molar-refractivity contribution in [3.8, 4) is 5.75 Å². The topological polar surface area (TPSA) is 47.3 Å². The predicted octanol–water partition coefficient (Wildman–Crippen LogP) is 4.49. The van der Waals surface area contributed by atoms with Gasteiger partial charge in [-0.2, -0.15) is 0 Å². The molecular formula is C16H19ClN2O. The van der Waals surface area contributed by atoms with Gasteiger partial charge in [-0.3, -0.25) is 0 Å². The second-order valence-corrected chi connectivity index (χ2v) is 4.98. The summed E-state index contributed by atoms with van der Waals surface area (Å²) in [5.74, 6) is 0.698. The van der Waals surface area contributed by atoms with Gasteiger partial charge in [0.05, 0.1) is 12.3 Å². The minimum atomic E-state index is 0.0989. The van der Waals surface area contributed by atoms with E-state index in [0.29, 0.717) is 18.0 Å². The van der Waals surface area contributed by atoms with E-state index in [1.165, 1.54) is 0 Å². The second-order valence-electron chi connectivity index (χ2n) is 4.57. The van der Waals surface area contributed by atoms with Crippen LogP contribution in [0.2, 0.25) is 5.02 Å². The van der Waals surface area contributed by atoms with Gasteiger partial charge in [-0.1, -0.05) is 29.8 Å². The van der Waals surface area contributed by atoms with Crippen LogP contribution in [0.3, 0.4) is 0 Å². The van der Waals surface area contributed by atoms with Crippen molar-refractivity contribution >= 4 is 23.0 Å². The second kappa shape index (κ2) is 6.53. The van der Waals surface area contributed by atoms with E-state index in [4.69, 9.17) is 22.1 Å². The lowest BCUT2D eigenvalue weighted by molar-refractivity contribution is 0.342. The molecular weight excluding hydrogens is 272 g/mol. The van der Waals surface area contributed by atoms with Gasteiger partial charge >= 0.3 is 0 Å². The fraction of sp³-hybridized carbons (Fsp3) is 0.250. The van der Waals surface area contributed by atoms with Crippen molar-refractivity contribution in [1.29, 1.82) is 0 Å². The smallest absolute Gasteiger partial charge is 0.144 e. The van der Waals surface area contributed by atoms with E-state index in [0.717, 1.165) is 16.3 Å². The molecule has 0 amide bonds. The van der Waals surface area contributed by atoms with Crippen molar-refractivity contribution in [3.05, 3.63) is 53.1 Å². The molecule has 4 heteroatoms. The molecule has 0 aromatic heterocycles. The first-order valence-corrected chi connectivity index (χ1v) is 7.03. The van der Waals surface area contributed by atoms with Crippen LogP contribution in [0.5, 0.6) is 5.75 Å². The Kier molecular flexibility index (Phi) is 4.74. The maximum Gasteiger partial charge on any atom is 0.144 e. The Balaban J connectivity index is 2.17. The van der Waals surface area contributed by atoms with Gasteiger partial charge in [0.15, 0.2) is 0 Å². The van der Waals surface area contributed by atoms with Crippen molar-refractivity contribution < 1.29 is 4.74 Å². The number of anilines is 2. The summed E-state index contributed by atoms with van der Waals surface area (Å²) in [5.41, 5.74) is 8.52. The van der Waals surface area contributed by atoms with Gasteiger partial charge in [-0.05, 0) is 37.6 Å². The van der Waals surface area contributed by atoms with Crippen LogP contribution in [0.4, 0.5) is 11.4 Å². The van der Waals surface area contributed by atoms with Crippen molar-refractivity contribution in [2.75, 3.05) is 17.7 Å². The van der Waals surface area contributed by atoms with E-state index in [1.54, 1.807) is 0 Å². The first-order valence-electron chi connectivity index (χ1n) is 6.65. The molecule has 106 valence electrons. The van der Waals surface area contributed by atoms with Crippen LogP contribution in [0.25, 0.3) is 0 Å². The average molecular weight is 291 g/mol. The summed E-state index contributed by atoms with van der Waals surface area (Å²) < 4.78 is 5.50. The number of nitrogens with one attached hydrogen (secondary N) is 1. The molecule has 1 unspecified atom stereocenters. The Morgan fingerprint density at radius 1 is 1.25 bits per heavy atom. The van der Waals surface area contributed by atoms with Crippen LogP contribution < -0.4 is 15.8 Å². The number of halogens is 1. The Labute approximate surface area is 124 Å². The lowest BCUT2D eigenvalue weighted by Crippen LogP contribution is -2.07. The SMILES string of the molecule is CCOc1cc(NC(C)c2ccccc2Cl)ccc1N. The monoisotopic (exact) mass is 290 g/mol. The zero-order valence-corrected chi connectivity index (χ0v) is 12.4. The van der Waals surface area contributed by atoms with Gasteiger partial charge in [0.25, 0.3) is 0 Å². The molecule has 0 radical (unpaired) electrons. The number of rotatable bonds is 5. The van der Waals surface area contributed by atoms with Crippen LogP contribution in [-0.2, 0) is 0 Å². The molecule has 0 aliphatic heterocycles. The highest BCUT2D eigenvalue weighted by Gasteiger charge is 2.10. The highest BCUT2D eigenvalue weighted by molar-refractivity contribution is 6.31. The van der Waals surface area contributed by atoms with Crippen LogP contribution in [0, 0.1) is 0 Å². The van der Waals surface area contributed by atoms with Crippen molar-refractivity contribution in [3.63, 3.8) is 0 Å². The van der Waals surface area contributed by atoms with Gasteiger partial charge in [-0.15, -0.1) is 0 Å². The summed E-state index contributed by atoms with van der Waals surface area (Å²) in [6.07, 6.45) is 0. The lowest BCUT2D eigenvalue weighted by atomic mass is 10.1. The molecule has 2 aromatic rings. The first-order chi connectivity index (χ1) is 9.61. The molecule has 3 N–H and O–H groups in total. The lowest BCUT2D eigenvalue weighted by Gasteiger charge is -2.18. The van der Waals surface area contributed by atoms with Gasteiger partial charge in [0.2, 0.25) is 0 Å². The largest absolute Gasteiger partial charge is 0.492 e. The van der Waals surface area contributed by atoms with Crippen molar-refractivity contribution in [2.24, 2.45) is 0 Å². The van der Waals surface area contributed by atoms with E-state index in [-0.39, 0.29) is 6.04 Å². The Bertz CT molecular complexity index is 586. The van der Waals surface area contributed by atoms with Crippen molar-refractivity contribution in [2.45, 2.75) is 19.9 Å². The summed E-state index contributed by atoms with van der Waals surface area (Å²) >= 11 is 6.21. The standard InChI is InChI=1S/C16H19ClN2O/c1-3-20-16-10-12(8-9-15(16)18)19-11(2)13-6-4-5-7-14(13)17/h4-11,19H,3,18H2,1-2H3. The molecule has 1 atom stereocenters. The summed E-state index contributed by atoms with van der Waals surface area (Å²) in [6, 6.07) is 13.6. The molecule has 0 aliphatic carbocycles. The quantitative estimate of drug-likeness (QED) is 0.797. The van der Waals surface area contributed by atoms with Crippen LogP contribution in [0.1, 0.15) is 25.5 Å². The Hall–Kier alpha value is -1.87. The zero-order valence-electron chi connectivity index (χ0n) is 11.7. The molecule has 20 heavy (non-hydrogen) atoms. The van der Waals surface area contributed by atoms with E-state index in [2.05, 4.69) is 12.2 Å². The summed E-state index contributed by atoms with van der Waals surface area (Å²) in [5, 5.41) is 4.16. The first kappa shape index (κ1) is 14.5. The number of nitrogens with two attached hydrogens (primary N) is 1. The fourth-order valence-electron chi connectivity index (χ4n) is 2.06. The van der Waals surface area contributed by atoms with Crippen LogP contribution in [0.15, 0.2) is 42.5 Å². The highest BCUT2D eigenvalue weighted by atomic mass is 35.5. The van der Waals surface area contributed by atoms with E-state index >= 15 is 0 Å². The molecule has 0 saturated carbocycles. The maximum atomic E-state index is 6.21. The number of nitrogen functional groups attached to an aromatic ring is 1. The molecule has 0 bridgehead atoms. The summed E-state index contributed by atoms with van der Waals surface area (Å²) in [4.78, 5) is 0. The highest BCUT2D eigenvalue weighted by Crippen LogP contribution is 2.29. The number of hydrogen-bond acceptors (Lipinski definition) is 3. The normalized spacial score (nSPS) is 11.9. The van der Waals surface area contributed by atoms with Crippen LogP contribution >= 0.6 is 11.6 Å². The Morgan fingerprint density at radius 2 is 2.00 bits per heavy atom. The third-order valence-corrected chi connectivity index (χ3v) is 3.41. The molecule has 2 rings (SSSR count). The third kappa shape index (κ3) is 3.36. The molecule has 0 spiro atoms. The minimum Gasteiger partial charge on any atom is -0.492 e. The molecule has 2 aromatic carbocycles. The third-order valence-electron chi connectivity index (χ3n) is 3.07. The summed E-state index contributed by atoms with van der Waals surface area (Å²) in [6.45, 7) is 4.59. The molecule has 0 fully saturated rings. The van der Waals surface area contributed by atoms with Crippen molar-refractivity contribution in [1.82, 2.24) is 0 Å². The minimum absolute atomic E-state index is 0.0989. The molecule has 3 nitrogen and oxygen atoms in total. The van der Waals surface area contributed by atoms with E-state index in [9.17, 15) is 0 Å². The maximum absolute atomic E-state index is 6.21. The van der Waals surface area contributed by atoms with Gasteiger partial charge in [0, 0.05) is 22.8 Å². The summed E-state index contributed by atoms with van der Waals surface area (Å²) in [7, 11) is 0. The Morgan fingerprint density at radius 3 is 2.70 bits per heavy atom. The van der Waals surface area contributed by atoms with E-state index < -0.39 is 0 Å². The van der Waals surface area contributed by atoms with Gasteiger partial charge in [-0.25, -0.2) is 0 Å². The number of hydrogen-bond donors (Lipinski definition) is 2. The van der Waals surface area contributed by atoms with Gasteiger partial charge in [0.1, 0.15) is 5.75 Å². The zero-order chi connectivity index (χ0) is 14.5. The fourth-order valence-corrected chi connectivity index (χ4v) is 2.36.